The molecule has 1 N–H and O–H groups in total. The fourth-order valence-corrected chi connectivity index (χ4v) is 3.01. The summed E-state index contributed by atoms with van der Waals surface area (Å²) in [6, 6.07) is 4.92. The molecule has 2 aromatic heterocycles. The topological polar surface area (TPSA) is 88.6 Å². The van der Waals surface area contributed by atoms with Gasteiger partial charge < -0.3 is 19.2 Å². The van der Waals surface area contributed by atoms with E-state index in [0.29, 0.717) is 30.5 Å². The van der Waals surface area contributed by atoms with E-state index in [2.05, 4.69) is 24.3 Å². The van der Waals surface area contributed by atoms with Gasteiger partial charge in [-0.1, -0.05) is 19.0 Å². The first kappa shape index (κ1) is 17.3. The quantitative estimate of drug-likeness (QED) is 0.899. The summed E-state index contributed by atoms with van der Waals surface area (Å²) in [6.45, 7) is 5.28. The zero-order valence-corrected chi connectivity index (χ0v) is 14.5. The molecule has 1 aliphatic rings. The molecule has 0 aromatic carbocycles. The Bertz CT molecular complexity index is 721. The number of nitrogens with one attached hydrogen (secondary N) is 1. The van der Waals surface area contributed by atoms with Crippen LogP contribution in [0.5, 0.6) is 0 Å². The third-order valence-corrected chi connectivity index (χ3v) is 4.18. The van der Waals surface area contributed by atoms with Crippen LogP contribution in [0.1, 0.15) is 53.5 Å². The second-order valence-corrected chi connectivity index (χ2v) is 6.82. The minimum absolute atomic E-state index is 0.106. The van der Waals surface area contributed by atoms with Gasteiger partial charge in [0.15, 0.2) is 11.5 Å². The van der Waals surface area contributed by atoms with Crippen molar-refractivity contribution >= 4 is 11.8 Å². The third kappa shape index (κ3) is 4.29. The molecule has 1 fully saturated rings. The van der Waals surface area contributed by atoms with Crippen LogP contribution < -0.4 is 5.32 Å². The van der Waals surface area contributed by atoms with Gasteiger partial charge in [-0.05, 0) is 30.9 Å². The zero-order chi connectivity index (χ0) is 17.8. The van der Waals surface area contributed by atoms with Crippen molar-refractivity contribution in [2.75, 3.05) is 13.1 Å². The van der Waals surface area contributed by atoms with Gasteiger partial charge in [0.25, 0.3) is 11.8 Å². The SMILES string of the molecule is CC(C)Cc1cc(C(=O)NC2CCCN(C(=O)c3ccco3)C2)no1. The Labute approximate surface area is 146 Å². The maximum Gasteiger partial charge on any atom is 0.289 e. The van der Waals surface area contributed by atoms with Gasteiger partial charge in [-0.2, -0.15) is 0 Å². The second-order valence-electron chi connectivity index (χ2n) is 6.82. The molecule has 0 spiro atoms. The molecular weight excluding hydrogens is 322 g/mol. The maximum atomic E-state index is 12.4. The molecule has 1 saturated heterocycles. The molecule has 2 amide bonds. The molecule has 7 heteroatoms. The molecule has 1 aliphatic heterocycles. The highest BCUT2D eigenvalue weighted by molar-refractivity contribution is 5.93. The highest BCUT2D eigenvalue weighted by Crippen LogP contribution is 2.15. The summed E-state index contributed by atoms with van der Waals surface area (Å²) in [5.41, 5.74) is 0.283. The van der Waals surface area contributed by atoms with Crippen LogP contribution >= 0.6 is 0 Å². The minimum atomic E-state index is -0.268. The van der Waals surface area contributed by atoms with E-state index in [9.17, 15) is 9.59 Å². The van der Waals surface area contributed by atoms with Crippen molar-refractivity contribution in [2.45, 2.75) is 39.2 Å². The van der Waals surface area contributed by atoms with Gasteiger partial charge in [0.05, 0.1) is 6.26 Å². The van der Waals surface area contributed by atoms with Gasteiger partial charge in [-0.3, -0.25) is 9.59 Å². The van der Waals surface area contributed by atoms with Crippen molar-refractivity contribution in [1.82, 2.24) is 15.4 Å². The zero-order valence-electron chi connectivity index (χ0n) is 14.5. The third-order valence-electron chi connectivity index (χ3n) is 4.18. The lowest BCUT2D eigenvalue weighted by molar-refractivity contribution is 0.0646. The van der Waals surface area contributed by atoms with Crippen molar-refractivity contribution in [3.8, 4) is 0 Å². The monoisotopic (exact) mass is 345 g/mol. The van der Waals surface area contributed by atoms with E-state index in [0.717, 1.165) is 19.3 Å². The molecule has 1 unspecified atom stereocenters. The predicted octanol–water partition coefficient (Wildman–Crippen LogP) is 2.50. The summed E-state index contributed by atoms with van der Waals surface area (Å²) in [7, 11) is 0. The normalized spacial score (nSPS) is 17.7. The number of aromatic nitrogens is 1. The molecule has 25 heavy (non-hydrogen) atoms. The lowest BCUT2D eigenvalue weighted by atomic mass is 10.0. The number of rotatable bonds is 5. The second kappa shape index (κ2) is 7.55. The fourth-order valence-electron chi connectivity index (χ4n) is 3.01. The first-order valence-corrected chi connectivity index (χ1v) is 8.62. The molecule has 1 atom stereocenters. The van der Waals surface area contributed by atoms with E-state index < -0.39 is 0 Å². The molecule has 0 bridgehead atoms. The molecule has 0 saturated carbocycles. The Morgan fingerprint density at radius 2 is 2.28 bits per heavy atom. The Morgan fingerprint density at radius 1 is 1.44 bits per heavy atom. The van der Waals surface area contributed by atoms with Crippen LogP contribution in [-0.4, -0.2) is 41.0 Å². The summed E-state index contributed by atoms with van der Waals surface area (Å²) >= 11 is 0. The van der Waals surface area contributed by atoms with Gasteiger partial charge in [-0.25, -0.2) is 0 Å². The number of furan rings is 1. The molecule has 3 heterocycles. The summed E-state index contributed by atoms with van der Waals surface area (Å²) in [5, 5.41) is 6.79. The van der Waals surface area contributed by atoms with Crippen LogP contribution in [-0.2, 0) is 6.42 Å². The van der Waals surface area contributed by atoms with Crippen molar-refractivity contribution in [1.29, 1.82) is 0 Å². The van der Waals surface area contributed by atoms with E-state index in [-0.39, 0.29) is 23.6 Å². The molecule has 134 valence electrons. The average Bonchev–Trinajstić information content (AvgIpc) is 3.25. The van der Waals surface area contributed by atoms with Crippen molar-refractivity contribution < 1.29 is 18.5 Å². The van der Waals surface area contributed by atoms with Crippen LogP contribution in [0.4, 0.5) is 0 Å². The minimum Gasteiger partial charge on any atom is -0.459 e. The summed E-state index contributed by atoms with van der Waals surface area (Å²) < 4.78 is 10.4. The number of carbonyl (C=O) groups excluding carboxylic acids is 2. The first-order chi connectivity index (χ1) is 12.0. The number of piperidine rings is 1. The van der Waals surface area contributed by atoms with Crippen LogP contribution in [0.25, 0.3) is 0 Å². The lowest BCUT2D eigenvalue weighted by Gasteiger charge is -2.32. The number of hydrogen-bond donors (Lipinski definition) is 1. The van der Waals surface area contributed by atoms with Crippen molar-refractivity contribution in [3.63, 3.8) is 0 Å². The van der Waals surface area contributed by atoms with Crippen LogP contribution in [0.2, 0.25) is 0 Å². The van der Waals surface area contributed by atoms with Gasteiger partial charge in [0.1, 0.15) is 5.76 Å². The maximum absolute atomic E-state index is 12.4. The molecule has 3 rings (SSSR count). The molecule has 7 nitrogen and oxygen atoms in total. The molecule has 2 aromatic rings. The Hall–Kier alpha value is -2.57. The standard InChI is InChI=1S/C18H23N3O4/c1-12(2)9-14-10-15(20-25-14)17(22)19-13-5-3-7-21(11-13)18(23)16-6-4-8-24-16/h4,6,8,10,12-13H,3,5,7,9,11H2,1-2H3,(H,19,22). The van der Waals surface area contributed by atoms with E-state index >= 15 is 0 Å². The molecular formula is C18H23N3O4. The number of amides is 2. The highest BCUT2D eigenvalue weighted by atomic mass is 16.5. The lowest BCUT2D eigenvalue weighted by Crippen LogP contribution is -2.49. The van der Waals surface area contributed by atoms with Crippen LogP contribution in [0.3, 0.4) is 0 Å². The number of carbonyl (C=O) groups is 2. The molecule has 0 aliphatic carbocycles. The average molecular weight is 345 g/mol. The first-order valence-electron chi connectivity index (χ1n) is 8.62. The van der Waals surface area contributed by atoms with E-state index in [4.69, 9.17) is 8.94 Å². The van der Waals surface area contributed by atoms with Crippen molar-refractivity contribution in [2.24, 2.45) is 5.92 Å². The number of likely N-dealkylation sites (tertiary alicyclic amines) is 1. The van der Waals surface area contributed by atoms with E-state index in [1.165, 1.54) is 6.26 Å². The summed E-state index contributed by atoms with van der Waals surface area (Å²) in [6.07, 6.45) is 3.88. The Balaban J connectivity index is 1.57. The van der Waals surface area contributed by atoms with E-state index in [1.807, 2.05) is 0 Å². The number of hydrogen-bond acceptors (Lipinski definition) is 5. The smallest absolute Gasteiger partial charge is 0.289 e. The largest absolute Gasteiger partial charge is 0.459 e. The molecule has 0 radical (unpaired) electrons. The van der Waals surface area contributed by atoms with Gasteiger partial charge in [0.2, 0.25) is 0 Å². The Kier molecular flexibility index (Phi) is 5.21. The summed E-state index contributed by atoms with van der Waals surface area (Å²) in [5.74, 6) is 1.05. The van der Waals surface area contributed by atoms with Crippen molar-refractivity contribution in [3.05, 3.63) is 41.7 Å². The van der Waals surface area contributed by atoms with Gasteiger partial charge in [0, 0.05) is 31.6 Å². The van der Waals surface area contributed by atoms with Gasteiger partial charge in [-0.15, -0.1) is 0 Å². The predicted molar refractivity (Wildman–Crippen MR) is 90.1 cm³/mol. The highest BCUT2D eigenvalue weighted by Gasteiger charge is 2.27. The fraction of sp³-hybridized carbons (Fsp3) is 0.500. The summed E-state index contributed by atoms with van der Waals surface area (Å²) in [4.78, 5) is 26.4. The number of nitrogens with zero attached hydrogens (tertiary/aromatic N) is 2. The van der Waals surface area contributed by atoms with Crippen LogP contribution in [0.15, 0.2) is 33.4 Å². The van der Waals surface area contributed by atoms with Crippen LogP contribution in [0, 0.1) is 5.92 Å². The van der Waals surface area contributed by atoms with E-state index in [1.54, 1.807) is 23.1 Å². The Morgan fingerprint density at radius 3 is 3.00 bits per heavy atom. The van der Waals surface area contributed by atoms with Gasteiger partial charge >= 0.3 is 0 Å².